The summed E-state index contributed by atoms with van der Waals surface area (Å²) in [5, 5.41) is 5.94. The summed E-state index contributed by atoms with van der Waals surface area (Å²) in [6.45, 7) is 3.79. The minimum absolute atomic E-state index is 0.168. The van der Waals surface area contributed by atoms with Crippen LogP contribution in [0, 0.1) is 0 Å². The molecule has 2 N–H and O–H groups in total. The molecule has 0 aromatic carbocycles. The first-order chi connectivity index (χ1) is 4.33. The monoisotopic (exact) mass is 128 g/mol. The van der Waals surface area contributed by atoms with E-state index in [1.807, 2.05) is 6.92 Å². The SMILES string of the molecule is CCNC1CNC(=O)C1. The van der Waals surface area contributed by atoms with Crippen LogP contribution in [0.2, 0.25) is 0 Å². The van der Waals surface area contributed by atoms with E-state index in [4.69, 9.17) is 0 Å². The van der Waals surface area contributed by atoms with Gasteiger partial charge in [-0.05, 0) is 6.54 Å². The molecule has 9 heavy (non-hydrogen) atoms. The Morgan fingerprint density at radius 1 is 1.89 bits per heavy atom. The standard InChI is InChI=1S/C6H12N2O/c1-2-7-5-3-6(9)8-4-5/h5,7H,2-4H2,1H3,(H,8,9). The highest BCUT2D eigenvalue weighted by Crippen LogP contribution is 1.97. The van der Waals surface area contributed by atoms with Crippen LogP contribution in [0.15, 0.2) is 0 Å². The lowest BCUT2D eigenvalue weighted by molar-refractivity contribution is -0.119. The Hall–Kier alpha value is -0.570. The van der Waals surface area contributed by atoms with Gasteiger partial charge in [-0.15, -0.1) is 0 Å². The minimum Gasteiger partial charge on any atom is -0.354 e. The van der Waals surface area contributed by atoms with E-state index < -0.39 is 0 Å². The second-order valence-corrected chi connectivity index (χ2v) is 2.26. The largest absolute Gasteiger partial charge is 0.354 e. The predicted molar refractivity (Wildman–Crippen MR) is 35.1 cm³/mol. The quantitative estimate of drug-likeness (QED) is 0.525. The van der Waals surface area contributed by atoms with Gasteiger partial charge in [0.05, 0.1) is 0 Å². The highest BCUT2D eigenvalue weighted by Gasteiger charge is 2.19. The van der Waals surface area contributed by atoms with Gasteiger partial charge in [-0.25, -0.2) is 0 Å². The van der Waals surface area contributed by atoms with Crippen LogP contribution in [0.5, 0.6) is 0 Å². The van der Waals surface area contributed by atoms with Gasteiger partial charge in [-0.1, -0.05) is 6.92 Å². The van der Waals surface area contributed by atoms with Gasteiger partial charge in [-0.3, -0.25) is 4.79 Å². The number of likely N-dealkylation sites (N-methyl/N-ethyl adjacent to an activating group) is 1. The predicted octanol–water partition coefficient (Wildman–Crippen LogP) is -0.516. The summed E-state index contributed by atoms with van der Waals surface area (Å²) in [4.78, 5) is 10.6. The van der Waals surface area contributed by atoms with Crippen molar-refractivity contribution in [3.63, 3.8) is 0 Å². The molecule has 1 saturated heterocycles. The molecule has 1 amide bonds. The summed E-state index contributed by atoms with van der Waals surface area (Å²) in [6.07, 6.45) is 0.647. The maximum atomic E-state index is 10.6. The van der Waals surface area contributed by atoms with Gasteiger partial charge in [-0.2, -0.15) is 0 Å². The number of rotatable bonds is 2. The second-order valence-electron chi connectivity index (χ2n) is 2.26. The van der Waals surface area contributed by atoms with E-state index >= 15 is 0 Å². The number of carbonyl (C=O) groups excluding carboxylic acids is 1. The lowest BCUT2D eigenvalue weighted by Crippen LogP contribution is -2.30. The Labute approximate surface area is 54.8 Å². The average molecular weight is 128 g/mol. The van der Waals surface area contributed by atoms with Crippen molar-refractivity contribution in [3.8, 4) is 0 Å². The fourth-order valence-electron chi connectivity index (χ4n) is 1.04. The van der Waals surface area contributed by atoms with Gasteiger partial charge >= 0.3 is 0 Å². The molecule has 1 fully saturated rings. The van der Waals surface area contributed by atoms with Crippen LogP contribution in [-0.4, -0.2) is 25.0 Å². The third-order valence-electron chi connectivity index (χ3n) is 1.47. The first-order valence-corrected chi connectivity index (χ1v) is 3.33. The van der Waals surface area contributed by atoms with Crippen molar-refractivity contribution < 1.29 is 4.79 Å². The van der Waals surface area contributed by atoms with E-state index in [1.165, 1.54) is 0 Å². The van der Waals surface area contributed by atoms with Crippen molar-refractivity contribution in [1.29, 1.82) is 0 Å². The fraction of sp³-hybridized carbons (Fsp3) is 0.833. The summed E-state index contributed by atoms with van der Waals surface area (Å²) in [6, 6.07) is 0.377. The Bertz CT molecular complexity index is 114. The molecular weight excluding hydrogens is 116 g/mol. The lowest BCUT2D eigenvalue weighted by atomic mass is 10.2. The minimum atomic E-state index is 0.168. The molecule has 0 radical (unpaired) electrons. The zero-order valence-electron chi connectivity index (χ0n) is 5.61. The Morgan fingerprint density at radius 2 is 2.67 bits per heavy atom. The number of hydrogen-bond acceptors (Lipinski definition) is 2. The average Bonchev–Trinajstić information content (AvgIpc) is 2.17. The molecule has 0 bridgehead atoms. The van der Waals surface area contributed by atoms with Crippen molar-refractivity contribution >= 4 is 5.91 Å². The van der Waals surface area contributed by atoms with Crippen molar-refractivity contribution in [2.75, 3.05) is 13.1 Å². The third-order valence-corrected chi connectivity index (χ3v) is 1.47. The number of nitrogens with one attached hydrogen (secondary N) is 2. The van der Waals surface area contributed by atoms with Crippen LogP contribution in [0.3, 0.4) is 0 Å². The van der Waals surface area contributed by atoms with Gasteiger partial charge in [0.1, 0.15) is 0 Å². The first kappa shape index (κ1) is 6.55. The molecule has 1 unspecified atom stereocenters. The molecular formula is C6H12N2O. The maximum absolute atomic E-state index is 10.6. The summed E-state index contributed by atoms with van der Waals surface area (Å²) >= 11 is 0. The zero-order chi connectivity index (χ0) is 6.69. The van der Waals surface area contributed by atoms with E-state index in [2.05, 4.69) is 10.6 Å². The van der Waals surface area contributed by atoms with Gasteiger partial charge in [0.25, 0.3) is 0 Å². The molecule has 52 valence electrons. The van der Waals surface area contributed by atoms with Gasteiger partial charge in [0, 0.05) is 19.0 Å². The van der Waals surface area contributed by atoms with Crippen LogP contribution < -0.4 is 10.6 Å². The van der Waals surface area contributed by atoms with Crippen LogP contribution in [0.25, 0.3) is 0 Å². The fourth-order valence-corrected chi connectivity index (χ4v) is 1.04. The van der Waals surface area contributed by atoms with Gasteiger partial charge in [0.15, 0.2) is 0 Å². The van der Waals surface area contributed by atoms with Crippen molar-refractivity contribution in [2.24, 2.45) is 0 Å². The van der Waals surface area contributed by atoms with E-state index in [9.17, 15) is 4.79 Å². The summed E-state index contributed by atoms with van der Waals surface area (Å²) in [5.41, 5.74) is 0. The molecule has 1 aliphatic rings. The molecule has 0 aromatic rings. The third kappa shape index (κ3) is 1.68. The Kier molecular flexibility index (Phi) is 2.05. The Balaban J connectivity index is 2.22. The highest BCUT2D eigenvalue weighted by atomic mass is 16.1. The lowest BCUT2D eigenvalue weighted by Gasteiger charge is -2.05. The second kappa shape index (κ2) is 2.82. The molecule has 1 rings (SSSR count). The topological polar surface area (TPSA) is 41.1 Å². The molecule has 1 atom stereocenters. The van der Waals surface area contributed by atoms with Gasteiger partial charge < -0.3 is 10.6 Å². The van der Waals surface area contributed by atoms with E-state index in [0.29, 0.717) is 12.5 Å². The molecule has 1 heterocycles. The molecule has 3 nitrogen and oxygen atoms in total. The number of amides is 1. The maximum Gasteiger partial charge on any atom is 0.221 e. The normalized spacial score (nSPS) is 26.3. The van der Waals surface area contributed by atoms with Crippen LogP contribution >= 0.6 is 0 Å². The summed E-state index contributed by atoms with van der Waals surface area (Å²) in [7, 11) is 0. The Morgan fingerprint density at radius 3 is 3.11 bits per heavy atom. The van der Waals surface area contributed by atoms with Crippen LogP contribution in [-0.2, 0) is 4.79 Å². The smallest absolute Gasteiger partial charge is 0.221 e. The molecule has 0 saturated carbocycles. The van der Waals surface area contributed by atoms with Crippen LogP contribution in [0.4, 0.5) is 0 Å². The first-order valence-electron chi connectivity index (χ1n) is 3.33. The summed E-state index contributed by atoms with van der Waals surface area (Å²) in [5.74, 6) is 0.168. The molecule has 3 heteroatoms. The van der Waals surface area contributed by atoms with Crippen LogP contribution in [0.1, 0.15) is 13.3 Å². The van der Waals surface area contributed by atoms with E-state index in [0.717, 1.165) is 13.1 Å². The number of carbonyl (C=O) groups is 1. The molecule has 0 spiro atoms. The zero-order valence-corrected chi connectivity index (χ0v) is 5.61. The summed E-state index contributed by atoms with van der Waals surface area (Å²) < 4.78 is 0. The molecule has 0 aliphatic carbocycles. The van der Waals surface area contributed by atoms with E-state index in [1.54, 1.807) is 0 Å². The van der Waals surface area contributed by atoms with Crippen molar-refractivity contribution in [3.05, 3.63) is 0 Å². The number of hydrogen-bond donors (Lipinski definition) is 2. The molecule has 1 aliphatic heterocycles. The highest BCUT2D eigenvalue weighted by molar-refractivity contribution is 5.78. The molecule has 0 aromatic heterocycles. The van der Waals surface area contributed by atoms with Crippen molar-refractivity contribution in [2.45, 2.75) is 19.4 Å². The van der Waals surface area contributed by atoms with Gasteiger partial charge in [0.2, 0.25) is 5.91 Å². The van der Waals surface area contributed by atoms with E-state index in [-0.39, 0.29) is 5.91 Å². The van der Waals surface area contributed by atoms with Crippen molar-refractivity contribution in [1.82, 2.24) is 10.6 Å².